The first-order valence-corrected chi connectivity index (χ1v) is 8.55. The number of carboxylic acid groups (broad SMARTS) is 1. The summed E-state index contributed by atoms with van der Waals surface area (Å²) in [5, 5.41) is 9.05. The second-order valence-corrected chi connectivity index (χ2v) is 6.47. The summed E-state index contributed by atoms with van der Waals surface area (Å²) in [4.78, 5) is 14.7. The summed E-state index contributed by atoms with van der Waals surface area (Å²) in [6, 6.07) is 9.26. The lowest BCUT2D eigenvalue weighted by Crippen LogP contribution is -2.17. The van der Waals surface area contributed by atoms with E-state index in [0.717, 1.165) is 30.7 Å². The molecule has 1 N–H and O–H groups in total. The molecule has 1 aromatic heterocycles. The maximum absolute atomic E-state index is 12.6. The van der Waals surface area contributed by atoms with Gasteiger partial charge in [0, 0.05) is 12.3 Å². The minimum Gasteiger partial charge on any atom is -0.481 e. The van der Waals surface area contributed by atoms with Crippen molar-refractivity contribution in [2.24, 2.45) is 5.92 Å². The van der Waals surface area contributed by atoms with E-state index >= 15 is 0 Å². The third-order valence-corrected chi connectivity index (χ3v) is 4.49. The van der Waals surface area contributed by atoms with Crippen LogP contribution in [0.3, 0.4) is 0 Å². The number of benzene rings is 1. The SMILES string of the molecule is O=C(O)C1CCC(=Cc2cccc(Oc3ccc(C(F)(F)F)cn3)c2)CC1. The van der Waals surface area contributed by atoms with Gasteiger partial charge in [0.25, 0.3) is 0 Å². The zero-order valence-electron chi connectivity index (χ0n) is 14.4. The van der Waals surface area contributed by atoms with E-state index in [2.05, 4.69) is 4.98 Å². The highest BCUT2D eigenvalue weighted by atomic mass is 19.4. The Hall–Kier alpha value is -2.83. The average Bonchev–Trinajstić information content (AvgIpc) is 2.62. The third-order valence-electron chi connectivity index (χ3n) is 4.49. The molecule has 3 rings (SSSR count). The smallest absolute Gasteiger partial charge is 0.417 e. The topological polar surface area (TPSA) is 59.4 Å². The molecular formula is C20H18F3NO3. The summed E-state index contributed by atoms with van der Waals surface area (Å²) in [5.74, 6) is -0.471. The minimum absolute atomic E-state index is 0.0785. The van der Waals surface area contributed by atoms with Crippen molar-refractivity contribution in [3.63, 3.8) is 0 Å². The van der Waals surface area contributed by atoms with Crippen LogP contribution in [0.25, 0.3) is 6.08 Å². The summed E-state index contributed by atoms with van der Waals surface area (Å²) < 4.78 is 43.3. The van der Waals surface area contributed by atoms with Crippen LogP contribution in [0.15, 0.2) is 48.2 Å². The Morgan fingerprint density at radius 3 is 2.52 bits per heavy atom. The Kier molecular flexibility index (Phi) is 5.48. The molecule has 1 heterocycles. The highest BCUT2D eigenvalue weighted by molar-refractivity contribution is 5.70. The van der Waals surface area contributed by atoms with E-state index in [1.165, 1.54) is 11.6 Å². The van der Waals surface area contributed by atoms with Crippen LogP contribution < -0.4 is 4.74 Å². The van der Waals surface area contributed by atoms with Crippen molar-refractivity contribution in [1.29, 1.82) is 0 Å². The molecule has 1 aliphatic carbocycles. The van der Waals surface area contributed by atoms with Crippen LogP contribution in [0.5, 0.6) is 11.6 Å². The van der Waals surface area contributed by atoms with E-state index in [9.17, 15) is 18.0 Å². The van der Waals surface area contributed by atoms with E-state index in [0.29, 0.717) is 18.6 Å². The Labute approximate surface area is 154 Å². The maximum Gasteiger partial charge on any atom is 0.417 e. The van der Waals surface area contributed by atoms with Crippen LogP contribution in [-0.4, -0.2) is 16.1 Å². The summed E-state index contributed by atoms with van der Waals surface area (Å²) >= 11 is 0. The highest BCUT2D eigenvalue weighted by Gasteiger charge is 2.30. The molecule has 1 saturated carbocycles. The number of alkyl halides is 3. The van der Waals surface area contributed by atoms with E-state index < -0.39 is 17.7 Å². The lowest BCUT2D eigenvalue weighted by Gasteiger charge is -2.20. The van der Waals surface area contributed by atoms with Gasteiger partial charge >= 0.3 is 12.1 Å². The fraction of sp³-hybridized carbons (Fsp3) is 0.300. The van der Waals surface area contributed by atoms with Gasteiger partial charge in [-0.1, -0.05) is 23.8 Å². The first kappa shape index (κ1) is 18.9. The van der Waals surface area contributed by atoms with Gasteiger partial charge in [0.1, 0.15) is 5.75 Å². The van der Waals surface area contributed by atoms with E-state index in [4.69, 9.17) is 9.84 Å². The number of halogens is 3. The van der Waals surface area contributed by atoms with Crippen molar-refractivity contribution < 1.29 is 27.8 Å². The number of carboxylic acids is 1. The van der Waals surface area contributed by atoms with Gasteiger partial charge in [0.15, 0.2) is 0 Å². The number of allylic oxidation sites excluding steroid dienone is 1. The number of pyridine rings is 1. The van der Waals surface area contributed by atoms with Crippen LogP contribution in [0, 0.1) is 5.92 Å². The van der Waals surface area contributed by atoms with Gasteiger partial charge in [0.2, 0.25) is 5.88 Å². The lowest BCUT2D eigenvalue weighted by molar-refractivity contribution is -0.142. The predicted molar refractivity (Wildman–Crippen MR) is 93.3 cm³/mol. The predicted octanol–water partition coefficient (Wildman–Crippen LogP) is 5.55. The second-order valence-electron chi connectivity index (χ2n) is 6.47. The van der Waals surface area contributed by atoms with Crippen LogP contribution >= 0.6 is 0 Å². The Bertz CT molecular complexity index is 834. The molecule has 2 aromatic rings. The number of aromatic nitrogens is 1. The molecule has 1 aromatic carbocycles. The molecule has 0 atom stereocenters. The quantitative estimate of drug-likeness (QED) is 0.759. The number of aliphatic carboxylic acids is 1. The molecule has 0 aliphatic heterocycles. The molecule has 0 unspecified atom stereocenters. The van der Waals surface area contributed by atoms with Gasteiger partial charge < -0.3 is 9.84 Å². The largest absolute Gasteiger partial charge is 0.481 e. The van der Waals surface area contributed by atoms with E-state index in [-0.39, 0.29) is 11.8 Å². The molecule has 142 valence electrons. The number of carbonyl (C=O) groups is 1. The van der Waals surface area contributed by atoms with Crippen LogP contribution in [-0.2, 0) is 11.0 Å². The molecule has 0 radical (unpaired) electrons. The minimum atomic E-state index is -4.43. The van der Waals surface area contributed by atoms with Crippen molar-refractivity contribution in [2.75, 3.05) is 0 Å². The first-order chi connectivity index (χ1) is 12.8. The molecule has 0 saturated heterocycles. The van der Waals surface area contributed by atoms with Crippen LogP contribution in [0.4, 0.5) is 13.2 Å². The van der Waals surface area contributed by atoms with Gasteiger partial charge in [-0.2, -0.15) is 13.2 Å². The fourth-order valence-corrected chi connectivity index (χ4v) is 3.01. The summed E-state index contributed by atoms with van der Waals surface area (Å²) in [5.41, 5.74) is 1.24. The molecule has 0 bridgehead atoms. The monoisotopic (exact) mass is 377 g/mol. The molecule has 7 heteroatoms. The normalized spacial score (nSPS) is 17.4. The van der Waals surface area contributed by atoms with Gasteiger partial charge in [-0.05, 0) is 49.4 Å². The summed E-state index contributed by atoms with van der Waals surface area (Å²) in [6.45, 7) is 0. The highest BCUT2D eigenvalue weighted by Crippen LogP contribution is 2.32. The summed E-state index contributed by atoms with van der Waals surface area (Å²) in [7, 11) is 0. The zero-order chi connectivity index (χ0) is 19.4. The average molecular weight is 377 g/mol. The van der Waals surface area contributed by atoms with Crippen LogP contribution in [0.2, 0.25) is 0 Å². The van der Waals surface area contributed by atoms with Crippen LogP contribution in [0.1, 0.15) is 36.8 Å². The van der Waals surface area contributed by atoms with Crippen molar-refractivity contribution in [2.45, 2.75) is 31.9 Å². The van der Waals surface area contributed by atoms with Gasteiger partial charge in [-0.3, -0.25) is 4.79 Å². The molecular weight excluding hydrogens is 359 g/mol. The van der Waals surface area contributed by atoms with E-state index in [1.807, 2.05) is 12.1 Å². The molecule has 27 heavy (non-hydrogen) atoms. The number of hydrogen-bond donors (Lipinski definition) is 1. The number of rotatable bonds is 4. The molecule has 1 fully saturated rings. The lowest BCUT2D eigenvalue weighted by atomic mass is 9.85. The molecule has 0 spiro atoms. The zero-order valence-corrected chi connectivity index (χ0v) is 14.4. The maximum atomic E-state index is 12.6. The summed E-state index contributed by atoms with van der Waals surface area (Å²) in [6.07, 6.45) is 1.05. The van der Waals surface area contributed by atoms with Crippen molar-refractivity contribution in [3.8, 4) is 11.6 Å². The fourth-order valence-electron chi connectivity index (χ4n) is 3.01. The third kappa shape index (κ3) is 5.09. The molecule has 1 aliphatic rings. The van der Waals surface area contributed by atoms with Crippen molar-refractivity contribution in [1.82, 2.24) is 4.98 Å². The standard InChI is InChI=1S/C20H18F3NO3/c21-20(22,23)16-8-9-18(24-12-16)27-17-3-1-2-14(11-17)10-13-4-6-15(7-5-13)19(25)26/h1-3,8-12,15H,4-7H2,(H,25,26). The van der Waals surface area contributed by atoms with Crippen molar-refractivity contribution in [3.05, 3.63) is 59.3 Å². The first-order valence-electron chi connectivity index (χ1n) is 8.55. The Balaban J connectivity index is 1.67. The second kappa shape index (κ2) is 7.82. The van der Waals surface area contributed by atoms with Gasteiger partial charge in [-0.15, -0.1) is 0 Å². The molecule has 0 amide bonds. The number of hydrogen-bond acceptors (Lipinski definition) is 3. The number of nitrogens with zero attached hydrogens (tertiary/aromatic N) is 1. The van der Waals surface area contributed by atoms with E-state index in [1.54, 1.807) is 18.2 Å². The number of ether oxygens (including phenoxy) is 1. The van der Waals surface area contributed by atoms with Crippen molar-refractivity contribution >= 4 is 12.0 Å². The molecule has 4 nitrogen and oxygen atoms in total. The van der Waals surface area contributed by atoms with Gasteiger partial charge in [-0.25, -0.2) is 4.98 Å². The van der Waals surface area contributed by atoms with Gasteiger partial charge in [0.05, 0.1) is 11.5 Å². The Morgan fingerprint density at radius 1 is 1.19 bits per heavy atom. The Morgan fingerprint density at radius 2 is 1.93 bits per heavy atom.